The summed E-state index contributed by atoms with van der Waals surface area (Å²) in [6.45, 7) is 9.27. The summed E-state index contributed by atoms with van der Waals surface area (Å²) in [7, 11) is 0. The summed E-state index contributed by atoms with van der Waals surface area (Å²) in [6.07, 6.45) is 17.2. The zero-order valence-electron chi connectivity index (χ0n) is 11.4. The van der Waals surface area contributed by atoms with Crippen LogP contribution in [0.5, 0.6) is 0 Å². The summed E-state index contributed by atoms with van der Waals surface area (Å²) >= 11 is -0.813. The standard InChI is InChI=1S/C9H13.C7H9.Hf/c1-3-8-5-6-9(4-2)7-8;1-6-3-4-7(2)5-6;/h5-7H,3-4H2,1-2H3;3-5H,1-2H3;. The molecule has 0 N–H and O–H groups in total. The number of hydrogen-bond donors (Lipinski definition) is 0. The molecule has 17 heavy (non-hydrogen) atoms. The van der Waals surface area contributed by atoms with Crippen LogP contribution in [0.2, 0.25) is 6.34 Å². The van der Waals surface area contributed by atoms with Crippen LogP contribution in [0.3, 0.4) is 0 Å². The Morgan fingerprint density at radius 1 is 1.12 bits per heavy atom. The topological polar surface area (TPSA) is 0 Å². The second-order valence-corrected chi connectivity index (χ2v) is 13.5. The van der Waals surface area contributed by atoms with E-state index in [0.717, 1.165) is 0 Å². The van der Waals surface area contributed by atoms with Crippen LogP contribution in [-0.4, -0.2) is 0 Å². The molecule has 0 aromatic heterocycles. The summed E-state index contributed by atoms with van der Waals surface area (Å²) in [5.41, 5.74) is 3.00. The molecule has 0 amide bonds. The van der Waals surface area contributed by atoms with Gasteiger partial charge in [0.05, 0.1) is 0 Å². The average molecular weight is 393 g/mol. The Morgan fingerprint density at radius 3 is 2.35 bits per heavy atom. The molecule has 2 aliphatic rings. The molecule has 0 aromatic rings. The van der Waals surface area contributed by atoms with E-state index in [1.165, 1.54) is 18.4 Å². The van der Waals surface area contributed by atoms with Gasteiger partial charge in [0, 0.05) is 0 Å². The molecule has 2 atom stereocenters. The Labute approximate surface area is 117 Å². The fraction of sp³-hybridized carbons (Fsp3) is 0.500. The second kappa shape index (κ2) is 4.84. The van der Waals surface area contributed by atoms with E-state index in [2.05, 4.69) is 64.2 Å². The van der Waals surface area contributed by atoms with E-state index < -0.39 is 22.9 Å². The average Bonchev–Trinajstić information content (AvgIpc) is 2.84. The quantitative estimate of drug-likeness (QED) is 0.574. The Hall–Kier alpha value is -0.170. The van der Waals surface area contributed by atoms with Gasteiger partial charge in [0.25, 0.3) is 0 Å². The molecule has 0 bridgehead atoms. The first kappa shape index (κ1) is 13.3. The van der Waals surface area contributed by atoms with Crippen molar-refractivity contribution in [2.24, 2.45) is 0 Å². The van der Waals surface area contributed by atoms with E-state index in [4.69, 9.17) is 0 Å². The maximum atomic E-state index is 2.58. The summed E-state index contributed by atoms with van der Waals surface area (Å²) in [6, 6.07) is 0. The molecule has 0 nitrogen and oxygen atoms in total. The van der Waals surface area contributed by atoms with Gasteiger partial charge in [-0.15, -0.1) is 0 Å². The summed E-state index contributed by atoms with van der Waals surface area (Å²) in [5.74, 6) is 0. The van der Waals surface area contributed by atoms with E-state index in [0.29, 0.717) is 6.34 Å². The summed E-state index contributed by atoms with van der Waals surface area (Å²) in [5, 5.41) is 0. The number of allylic oxidation sites excluding steroid dienone is 8. The Bertz CT molecular complexity index is 425. The summed E-state index contributed by atoms with van der Waals surface area (Å²) < 4.78 is 0.912. The number of hydrogen-bond acceptors (Lipinski definition) is 0. The van der Waals surface area contributed by atoms with Crippen molar-refractivity contribution in [2.45, 2.75) is 46.9 Å². The third kappa shape index (κ3) is 2.81. The first-order valence-electron chi connectivity index (χ1n) is 6.60. The Balaban J connectivity index is 2.21. The van der Waals surface area contributed by atoms with Crippen LogP contribution in [0.4, 0.5) is 0 Å². The molecular formula is C16H22Hf. The SMILES string of the molecule is CCC1=C[C](CC)([Hf][C]2(C)C=CC(C)=C2)C=C1. The zero-order valence-corrected chi connectivity index (χ0v) is 15.0. The van der Waals surface area contributed by atoms with Crippen LogP contribution >= 0.6 is 0 Å². The van der Waals surface area contributed by atoms with Crippen molar-refractivity contribution in [1.29, 1.82) is 0 Å². The van der Waals surface area contributed by atoms with Gasteiger partial charge in [-0.1, -0.05) is 0 Å². The van der Waals surface area contributed by atoms with Gasteiger partial charge in [0.15, 0.2) is 0 Å². The van der Waals surface area contributed by atoms with Gasteiger partial charge in [-0.2, -0.15) is 0 Å². The van der Waals surface area contributed by atoms with E-state index in [1.807, 2.05) is 0 Å². The van der Waals surface area contributed by atoms with Gasteiger partial charge in [0.2, 0.25) is 0 Å². The van der Waals surface area contributed by atoms with Gasteiger partial charge < -0.3 is 0 Å². The molecule has 90 valence electrons. The minimum atomic E-state index is -0.813. The normalized spacial score (nSPS) is 35.1. The third-order valence-electron chi connectivity index (χ3n) is 3.75. The maximum absolute atomic E-state index is 2.58. The van der Waals surface area contributed by atoms with Gasteiger partial charge in [0.1, 0.15) is 0 Å². The molecular weight excluding hydrogens is 371 g/mol. The van der Waals surface area contributed by atoms with E-state index in [-0.39, 0.29) is 0 Å². The van der Waals surface area contributed by atoms with Crippen LogP contribution in [-0.2, 0) is 22.9 Å². The van der Waals surface area contributed by atoms with Crippen LogP contribution in [0.1, 0.15) is 40.5 Å². The van der Waals surface area contributed by atoms with Crippen molar-refractivity contribution in [2.75, 3.05) is 0 Å². The van der Waals surface area contributed by atoms with Crippen molar-refractivity contribution in [1.82, 2.24) is 0 Å². The third-order valence-corrected chi connectivity index (χ3v) is 10.9. The van der Waals surface area contributed by atoms with E-state index in [1.54, 1.807) is 5.57 Å². The van der Waals surface area contributed by atoms with E-state index in [9.17, 15) is 0 Å². The van der Waals surface area contributed by atoms with Gasteiger partial charge in [-0.25, -0.2) is 0 Å². The fourth-order valence-electron chi connectivity index (χ4n) is 2.74. The van der Waals surface area contributed by atoms with Crippen LogP contribution in [0.25, 0.3) is 0 Å². The molecule has 1 heteroatoms. The van der Waals surface area contributed by atoms with Crippen molar-refractivity contribution in [3.63, 3.8) is 0 Å². The molecule has 0 saturated carbocycles. The molecule has 2 unspecified atom stereocenters. The number of rotatable bonds is 4. The first-order valence-corrected chi connectivity index (χ1v) is 10.2. The molecule has 0 aromatic carbocycles. The first-order chi connectivity index (χ1) is 8.01. The van der Waals surface area contributed by atoms with Gasteiger partial charge >= 0.3 is 117 Å². The van der Waals surface area contributed by atoms with Crippen molar-refractivity contribution >= 4 is 0 Å². The molecule has 2 rings (SSSR count). The van der Waals surface area contributed by atoms with Crippen molar-refractivity contribution < 1.29 is 22.9 Å². The zero-order chi connectivity index (χ0) is 12.5. The van der Waals surface area contributed by atoms with Crippen molar-refractivity contribution in [3.05, 3.63) is 47.6 Å². The van der Waals surface area contributed by atoms with E-state index >= 15 is 0 Å². The Morgan fingerprint density at radius 2 is 1.88 bits per heavy atom. The van der Waals surface area contributed by atoms with Crippen LogP contribution < -0.4 is 0 Å². The predicted molar refractivity (Wildman–Crippen MR) is 71.8 cm³/mol. The molecule has 0 fully saturated rings. The van der Waals surface area contributed by atoms with Crippen LogP contribution in [0, 0.1) is 0 Å². The Kier molecular flexibility index (Phi) is 3.77. The predicted octanol–water partition coefficient (Wildman–Crippen LogP) is 5.24. The van der Waals surface area contributed by atoms with Gasteiger partial charge in [-0.05, 0) is 0 Å². The van der Waals surface area contributed by atoms with Crippen molar-refractivity contribution in [3.8, 4) is 0 Å². The van der Waals surface area contributed by atoms with Crippen LogP contribution in [0.15, 0.2) is 47.6 Å². The molecule has 0 heterocycles. The molecule has 0 saturated heterocycles. The molecule has 0 aliphatic heterocycles. The molecule has 0 radical (unpaired) electrons. The monoisotopic (exact) mass is 394 g/mol. The van der Waals surface area contributed by atoms with Gasteiger partial charge in [-0.3, -0.25) is 0 Å². The minimum absolute atomic E-state index is 0.435. The molecule has 0 spiro atoms. The summed E-state index contributed by atoms with van der Waals surface area (Å²) in [4.78, 5) is 0. The fourth-order valence-corrected chi connectivity index (χ4v) is 10.2. The molecule has 2 aliphatic carbocycles. The second-order valence-electron chi connectivity index (χ2n) is 5.43.